The van der Waals surface area contributed by atoms with Gasteiger partial charge in [0.2, 0.25) is 0 Å². The first-order chi connectivity index (χ1) is 18.9. The van der Waals surface area contributed by atoms with Gasteiger partial charge in [-0.2, -0.15) is 0 Å². The van der Waals surface area contributed by atoms with Gasteiger partial charge in [-0.05, 0) is 71.8 Å². The number of hydrogen-bond donors (Lipinski definition) is 0. The molecule has 0 amide bonds. The van der Waals surface area contributed by atoms with E-state index in [-0.39, 0.29) is 0 Å². The van der Waals surface area contributed by atoms with Crippen molar-refractivity contribution in [3.63, 3.8) is 0 Å². The van der Waals surface area contributed by atoms with Crippen molar-refractivity contribution in [2.45, 2.75) is 0 Å². The molecule has 7 rings (SSSR count). The predicted molar refractivity (Wildman–Crippen MR) is 161 cm³/mol. The van der Waals surface area contributed by atoms with Crippen LogP contribution in [0.2, 0.25) is 0 Å². The molecule has 0 aliphatic carbocycles. The minimum Gasteiger partial charge on any atom is -0.311 e. The van der Waals surface area contributed by atoms with Crippen LogP contribution in [-0.2, 0) is 0 Å². The molecule has 0 fully saturated rings. The van der Waals surface area contributed by atoms with E-state index < -0.39 is 0 Å². The molecule has 180 valence electrons. The van der Waals surface area contributed by atoms with Gasteiger partial charge in [-0.1, -0.05) is 97.1 Å². The Morgan fingerprint density at radius 2 is 0.763 bits per heavy atom. The first kappa shape index (κ1) is 22.1. The zero-order valence-corrected chi connectivity index (χ0v) is 20.9. The van der Waals surface area contributed by atoms with Crippen LogP contribution < -0.4 is 4.90 Å². The lowest BCUT2D eigenvalue weighted by molar-refractivity contribution is 1.17. The third-order valence-corrected chi connectivity index (χ3v) is 7.19. The number of nitrogens with zero attached hydrogens (tertiary/aromatic N) is 2. The maximum absolute atomic E-state index is 2.36. The number of benzene rings is 6. The summed E-state index contributed by atoms with van der Waals surface area (Å²) >= 11 is 0. The van der Waals surface area contributed by atoms with Gasteiger partial charge in [0.25, 0.3) is 0 Å². The Morgan fingerprint density at radius 3 is 1.34 bits per heavy atom. The molecule has 0 aliphatic heterocycles. The molecule has 0 atom stereocenters. The molecule has 0 spiro atoms. The Bertz CT molecular complexity index is 1780. The quantitative estimate of drug-likeness (QED) is 0.235. The topological polar surface area (TPSA) is 8.17 Å². The fourth-order valence-corrected chi connectivity index (χ4v) is 5.41. The minimum atomic E-state index is 1.12. The van der Waals surface area contributed by atoms with E-state index in [2.05, 4.69) is 167 Å². The second-order valence-electron chi connectivity index (χ2n) is 9.47. The summed E-state index contributed by atoms with van der Waals surface area (Å²) < 4.78 is 2.36. The van der Waals surface area contributed by atoms with Crippen molar-refractivity contribution < 1.29 is 0 Å². The summed E-state index contributed by atoms with van der Waals surface area (Å²) in [5.41, 5.74) is 9.40. The summed E-state index contributed by atoms with van der Waals surface area (Å²) in [5, 5.41) is 2.55. The highest BCUT2D eigenvalue weighted by atomic mass is 15.1. The van der Waals surface area contributed by atoms with Gasteiger partial charge in [0.1, 0.15) is 0 Å². The summed E-state index contributed by atoms with van der Waals surface area (Å²) in [7, 11) is 0. The standard InChI is InChI=1S/C36H26N2/c1-3-11-27(12-4-1)28-19-21-30(22-20-28)37(29-13-5-2-6-14-29)31-23-25-32(26-24-31)38-35-17-9-7-15-33(35)34-16-8-10-18-36(34)38/h1-26H. The van der Waals surface area contributed by atoms with Crippen LogP contribution in [0.3, 0.4) is 0 Å². The van der Waals surface area contributed by atoms with Crippen molar-refractivity contribution in [1.29, 1.82) is 0 Å². The highest BCUT2D eigenvalue weighted by Gasteiger charge is 2.15. The number of hydrogen-bond acceptors (Lipinski definition) is 1. The lowest BCUT2D eigenvalue weighted by Crippen LogP contribution is -2.10. The largest absolute Gasteiger partial charge is 0.311 e. The summed E-state index contributed by atoms with van der Waals surface area (Å²) in [4.78, 5) is 2.31. The third-order valence-electron chi connectivity index (χ3n) is 7.19. The Balaban J connectivity index is 1.32. The predicted octanol–water partition coefficient (Wildman–Crippen LogP) is 9.92. The molecule has 0 unspecified atom stereocenters. The Morgan fingerprint density at radius 1 is 0.342 bits per heavy atom. The molecule has 0 aliphatic rings. The molecule has 0 N–H and O–H groups in total. The average molecular weight is 487 g/mol. The number of anilines is 3. The van der Waals surface area contributed by atoms with Crippen LogP contribution in [0.25, 0.3) is 38.6 Å². The Labute approximate surface area is 222 Å². The first-order valence-electron chi connectivity index (χ1n) is 13.0. The highest BCUT2D eigenvalue weighted by Crippen LogP contribution is 2.37. The van der Waals surface area contributed by atoms with Crippen LogP contribution in [0, 0.1) is 0 Å². The van der Waals surface area contributed by atoms with Gasteiger partial charge in [0.05, 0.1) is 11.0 Å². The van der Waals surface area contributed by atoms with E-state index in [1.165, 1.54) is 32.9 Å². The average Bonchev–Trinajstić information content (AvgIpc) is 3.34. The Hall–Kier alpha value is -5.08. The Kier molecular flexibility index (Phi) is 5.49. The zero-order valence-electron chi connectivity index (χ0n) is 20.9. The molecule has 38 heavy (non-hydrogen) atoms. The minimum absolute atomic E-state index is 1.12. The van der Waals surface area contributed by atoms with E-state index >= 15 is 0 Å². The fraction of sp³-hybridized carbons (Fsp3) is 0. The molecular formula is C36H26N2. The zero-order chi connectivity index (χ0) is 25.3. The number of para-hydroxylation sites is 3. The second kappa shape index (κ2) is 9.42. The van der Waals surface area contributed by atoms with E-state index in [4.69, 9.17) is 0 Å². The van der Waals surface area contributed by atoms with Crippen LogP contribution >= 0.6 is 0 Å². The molecule has 0 saturated carbocycles. The van der Waals surface area contributed by atoms with Gasteiger partial charge in [0, 0.05) is 33.5 Å². The summed E-state index contributed by atoms with van der Waals surface area (Å²) in [6.45, 7) is 0. The fourth-order valence-electron chi connectivity index (χ4n) is 5.41. The van der Waals surface area contributed by atoms with Crippen molar-refractivity contribution in [3.8, 4) is 16.8 Å². The van der Waals surface area contributed by atoms with Crippen molar-refractivity contribution >= 4 is 38.9 Å². The van der Waals surface area contributed by atoms with E-state index in [9.17, 15) is 0 Å². The molecule has 7 aromatic rings. The molecule has 0 saturated heterocycles. The van der Waals surface area contributed by atoms with Gasteiger partial charge in [-0.25, -0.2) is 0 Å². The van der Waals surface area contributed by atoms with E-state index in [1.54, 1.807) is 0 Å². The van der Waals surface area contributed by atoms with Crippen LogP contribution in [0.4, 0.5) is 17.1 Å². The van der Waals surface area contributed by atoms with Crippen LogP contribution in [-0.4, -0.2) is 4.57 Å². The lowest BCUT2D eigenvalue weighted by Gasteiger charge is -2.26. The van der Waals surface area contributed by atoms with Crippen molar-refractivity contribution in [3.05, 3.63) is 158 Å². The summed E-state index contributed by atoms with van der Waals surface area (Å²) in [5.74, 6) is 0. The molecule has 1 aromatic heterocycles. The molecule has 2 nitrogen and oxygen atoms in total. The van der Waals surface area contributed by atoms with E-state index in [1.807, 2.05) is 0 Å². The maximum Gasteiger partial charge on any atom is 0.0541 e. The van der Waals surface area contributed by atoms with Crippen molar-refractivity contribution in [1.82, 2.24) is 4.57 Å². The lowest BCUT2D eigenvalue weighted by atomic mass is 10.0. The van der Waals surface area contributed by atoms with Gasteiger partial charge in [-0.3, -0.25) is 0 Å². The first-order valence-corrected chi connectivity index (χ1v) is 13.0. The number of rotatable bonds is 5. The molecule has 6 aromatic carbocycles. The van der Waals surface area contributed by atoms with Crippen LogP contribution in [0.5, 0.6) is 0 Å². The highest BCUT2D eigenvalue weighted by molar-refractivity contribution is 6.09. The molecule has 1 heterocycles. The maximum atomic E-state index is 2.36. The van der Waals surface area contributed by atoms with Gasteiger partial charge >= 0.3 is 0 Å². The molecular weight excluding hydrogens is 460 g/mol. The normalized spacial score (nSPS) is 11.2. The summed E-state index contributed by atoms with van der Waals surface area (Å²) in [6, 6.07) is 56.0. The van der Waals surface area contributed by atoms with Crippen LogP contribution in [0.1, 0.15) is 0 Å². The van der Waals surface area contributed by atoms with Crippen LogP contribution in [0.15, 0.2) is 158 Å². The van der Waals surface area contributed by atoms with Gasteiger partial charge < -0.3 is 9.47 Å². The SMILES string of the molecule is c1ccc(-c2ccc(N(c3ccccc3)c3ccc(-n4c5ccccc5c5ccccc54)cc3)cc2)cc1. The number of aromatic nitrogens is 1. The smallest absolute Gasteiger partial charge is 0.0541 e. The molecule has 0 radical (unpaired) electrons. The van der Waals surface area contributed by atoms with E-state index in [0.717, 1.165) is 22.7 Å². The molecule has 2 heteroatoms. The van der Waals surface area contributed by atoms with E-state index in [0.29, 0.717) is 0 Å². The summed E-state index contributed by atoms with van der Waals surface area (Å²) in [6.07, 6.45) is 0. The second-order valence-corrected chi connectivity index (χ2v) is 9.47. The number of fused-ring (bicyclic) bond motifs is 3. The van der Waals surface area contributed by atoms with Crippen molar-refractivity contribution in [2.75, 3.05) is 4.90 Å². The van der Waals surface area contributed by atoms with Gasteiger partial charge in [0.15, 0.2) is 0 Å². The van der Waals surface area contributed by atoms with Gasteiger partial charge in [-0.15, -0.1) is 0 Å². The third kappa shape index (κ3) is 3.84. The monoisotopic (exact) mass is 486 g/mol. The van der Waals surface area contributed by atoms with Crippen molar-refractivity contribution in [2.24, 2.45) is 0 Å². The molecule has 0 bridgehead atoms.